The Morgan fingerprint density at radius 1 is 1.00 bits per heavy atom. The topological polar surface area (TPSA) is 9.23 Å². The molecule has 20 heavy (non-hydrogen) atoms. The normalized spacial score (nSPS) is 27.2. The Labute approximate surface area is 138 Å². The van der Waals surface area contributed by atoms with Crippen LogP contribution in [0.15, 0.2) is 23.3 Å². The maximum Gasteiger partial charge on any atom is 0.134 e. The number of halogens is 4. The largest absolute Gasteiger partial charge is 0.365 e. The van der Waals surface area contributed by atoms with Gasteiger partial charge in [-0.05, 0) is 31.1 Å². The van der Waals surface area contributed by atoms with Crippen LogP contribution in [0.4, 0.5) is 0 Å². The van der Waals surface area contributed by atoms with Gasteiger partial charge >= 0.3 is 0 Å². The van der Waals surface area contributed by atoms with Gasteiger partial charge in [0.1, 0.15) is 5.60 Å². The lowest BCUT2D eigenvalue weighted by Crippen LogP contribution is -2.38. The molecule has 0 spiro atoms. The molecule has 0 saturated carbocycles. The van der Waals surface area contributed by atoms with E-state index in [2.05, 4.69) is 13.0 Å². The van der Waals surface area contributed by atoms with Crippen LogP contribution in [-0.4, -0.2) is 7.11 Å². The summed E-state index contributed by atoms with van der Waals surface area (Å²) in [5.74, 6) is 0.0711. The van der Waals surface area contributed by atoms with Gasteiger partial charge in [0.15, 0.2) is 0 Å². The van der Waals surface area contributed by atoms with Crippen molar-refractivity contribution in [1.29, 1.82) is 0 Å². The lowest BCUT2D eigenvalue weighted by atomic mass is 9.66. The maximum absolute atomic E-state index is 6.45. The molecule has 1 nitrogen and oxygen atoms in total. The van der Waals surface area contributed by atoms with Crippen molar-refractivity contribution < 1.29 is 4.74 Å². The third-order valence-electron chi connectivity index (χ3n) is 4.45. The molecule has 0 heterocycles. The minimum Gasteiger partial charge on any atom is -0.365 e. The molecule has 0 aliphatic heterocycles. The predicted octanol–water partition coefficient (Wildman–Crippen LogP) is 6.15. The first-order chi connectivity index (χ1) is 9.36. The fourth-order valence-electron chi connectivity index (χ4n) is 3.24. The number of methoxy groups -OCH3 is 1. The second-order valence-corrected chi connectivity index (χ2v) is 6.64. The van der Waals surface area contributed by atoms with Gasteiger partial charge in [-0.1, -0.05) is 58.1 Å². The van der Waals surface area contributed by atoms with Crippen LogP contribution < -0.4 is 0 Å². The minimum absolute atomic E-state index is 0.0711. The van der Waals surface area contributed by atoms with Gasteiger partial charge in [0.25, 0.3) is 0 Å². The van der Waals surface area contributed by atoms with Crippen LogP contribution >= 0.6 is 46.4 Å². The smallest absolute Gasteiger partial charge is 0.134 e. The van der Waals surface area contributed by atoms with Gasteiger partial charge < -0.3 is 4.74 Å². The number of benzene rings is 1. The second kappa shape index (κ2) is 4.66. The van der Waals surface area contributed by atoms with Crippen molar-refractivity contribution in [3.63, 3.8) is 0 Å². The van der Waals surface area contributed by atoms with E-state index in [1.54, 1.807) is 7.11 Å². The average Bonchev–Trinajstić information content (AvgIpc) is 2.46. The summed E-state index contributed by atoms with van der Waals surface area (Å²) in [5, 5.41) is 1.45. The highest BCUT2D eigenvalue weighted by atomic mass is 35.5. The highest BCUT2D eigenvalue weighted by Gasteiger charge is 2.47. The van der Waals surface area contributed by atoms with E-state index < -0.39 is 5.60 Å². The van der Waals surface area contributed by atoms with Crippen molar-refractivity contribution in [1.82, 2.24) is 0 Å². The lowest BCUT2D eigenvalue weighted by molar-refractivity contribution is 0.0543. The molecule has 1 aromatic rings. The Balaban J connectivity index is 2.48. The van der Waals surface area contributed by atoms with Crippen molar-refractivity contribution in [2.24, 2.45) is 0 Å². The molecule has 4 rings (SSSR count). The fraction of sp³-hybridized carbons (Fsp3) is 0.333. The first kappa shape index (κ1) is 14.7. The summed E-state index contributed by atoms with van der Waals surface area (Å²) in [6.45, 7) is 4.12. The summed E-state index contributed by atoms with van der Waals surface area (Å²) in [4.78, 5) is 0. The Morgan fingerprint density at radius 3 is 2.20 bits per heavy atom. The molecule has 0 amide bonds. The van der Waals surface area contributed by atoms with Crippen molar-refractivity contribution in [2.45, 2.75) is 25.4 Å². The van der Waals surface area contributed by atoms with Gasteiger partial charge in [0.2, 0.25) is 0 Å². The fourth-order valence-corrected chi connectivity index (χ4v) is 4.36. The summed E-state index contributed by atoms with van der Waals surface area (Å²) in [5.41, 5.74) is 3.34. The van der Waals surface area contributed by atoms with Crippen molar-refractivity contribution in [2.75, 3.05) is 7.11 Å². The summed E-state index contributed by atoms with van der Waals surface area (Å²) < 4.78 is 5.82. The van der Waals surface area contributed by atoms with Crippen LogP contribution in [0.25, 0.3) is 0 Å². The molecular weight excluding hydrogens is 338 g/mol. The molecule has 2 unspecified atom stereocenters. The number of hydrogen-bond acceptors (Lipinski definition) is 1. The zero-order valence-corrected chi connectivity index (χ0v) is 14.2. The lowest BCUT2D eigenvalue weighted by Gasteiger charge is -2.45. The van der Waals surface area contributed by atoms with E-state index in [9.17, 15) is 0 Å². The van der Waals surface area contributed by atoms with E-state index in [1.807, 2.05) is 13.0 Å². The molecule has 2 bridgehead atoms. The average molecular weight is 350 g/mol. The van der Waals surface area contributed by atoms with Gasteiger partial charge in [-0.2, -0.15) is 0 Å². The van der Waals surface area contributed by atoms with Gasteiger partial charge in [-0.15, -0.1) is 0 Å². The van der Waals surface area contributed by atoms with Crippen molar-refractivity contribution >= 4 is 46.4 Å². The zero-order valence-electron chi connectivity index (χ0n) is 11.2. The molecule has 5 heteroatoms. The van der Waals surface area contributed by atoms with Crippen LogP contribution in [0.2, 0.25) is 20.1 Å². The Morgan fingerprint density at radius 2 is 1.60 bits per heavy atom. The molecule has 3 aliphatic rings. The quantitative estimate of drug-likeness (QED) is 0.336. The predicted molar refractivity (Wildman–Crippen MR) is 85.4 cm³/mol. The first-order valence-electron chi connectivity index (χ1n) is 6.15. The van der Waals surface area contributed by atoms with E-state index in [-0.39, 0.29) is 10.9 Å². The maximum atomic E-state index is 6.45. The molecule has 1 aromatic carbocycles. The van der Waals surface area contributed by atoms with Crippen LogP contribution in [0.5, 0.6) is 0 Å². The van der Waals surface area contributed by atoms with Crippen LogP contribution in [-0.2, 0) is 10.3 Å². The molecule has 0 radical (unpaired) electrons. The second-order valence-electron chi connectivity index (χ2n) is 5.13. The van der Waals surface area contributed by atoms with E-state index in [0.29, 0.717) is 15.1 Å². The monoisotopic (exact) mass is 348 g/mol. The van der Waals surface area contributed by atoms with Crippen LogP contribution in [0.1, 0.15) is 30.9 Å². The summed E-state index contributed by atoms with van der Waals surface area (Å²) in [7, 11) is 1.66. The van der Waals surface area contributed by atoms with E-state index in [1.165, 1.54) is 5.57 Å². The minimum atomic E-state index is -0.705. The molecule has 3 aliphatic carbocycles. The van der Waals surface area contributed by atoms with Gasteiger partial charge in [-0.3, -0.25) is 0 Å². The molecule has 2 atom stereocenters. The SMILES string of the molecule is COC12C=CC(C(C)=C1C)c1c(Cl)c(Cl)c(Cl)c(Cl)c12. The number of ether oxygens (including phenoxy) is 1. The van der Waals surface area contributed by atoms with E-state index in [0.717, 1.165) is 16.7 Å². The van der Waals surface area contributed by atoms with E-state index >= 15 is 0 Å². The number of allylic oxidation sites excluding steroid dienone is 2. The van der Waals surface area contributed by atoms with Gasteiger partial charge in [0.05, 0.1) is 20.1 Å². The summed E-state index contributed by atoms with van der Waals surface area (Å²) in [6.07, 6.45) is 4.11. The van der Waals surface area contributed by atoms with E-state index in [4.69, 9.17) is 51.1 Å². The van der Waals surface area contributed by atoms with Crippen LogP contribution in [0.3, 0.4) is 0 Å². The van der Waals surface area contributed by atoms with Gasteiger partial charge in [0, 0.05) is 18.6 Å². The van der Waals surface area contributed by atoms with Crippen molar-refractivity contribution in [3.05, 3.63) is 54.5 Å². The van der Waals surface area contributed by atoms with Crippen LogP contribution in [0, 0.1) is 0 Å². The third-order valence-corrected chi connectivity index (χ3v) is 6.26. The highest BCUT2D eigenvalue weighted by molar-refractivity contribution is 6.52. The third kappa shape index (κ3) is 1.56. The number of rotatable bonds is 1. The molecular formula is C15H12Cl4O. The highest BCUT2D eigenvalue weighted by Crippen LogP contribution is 2.59. The molecule has 0 fully saturated rings. The van der Waals surface area contributed by atoms with Gasteiger partial charge in [-0.25, -0.2) is 0 Å². The number of hydrogen-bond donors (Lipinski definition) is 0. The molecule has 0 saturated heterocycles. The molecule has 0 aromatic heterocycles. The zero-order chi connectivity index (χ0) is 14.8. The standard InChI is InChI=1S/C15H12Cl4O/c1-6-7(2)15(20-3)5-4-8(6)9-10(15)12(17)14(19)13(18)11(9)16/h4-5,8H,1-3H3. The molecule has 0 N–H and O–H groups in total. The summed E-state index contributed by atoms with van der Waals surface area (Å²) >= 11 is 25.3. The Kier molecular flexibility index (Phi) is 3.43. The molecule has 106 valence electrons. The Bertz CT molecular complexity index is 690. The first-order valence-corrected chi connectivity index (χ1v) is 7.66. The summed E-state index contributed by atoms with van der Waals surface area (Å²) in [6, 6.07) is 0. The van der Waals surface area contributed by atoms with Crippen molar-refractivity contribution in [3.8, 4) is 0 Å². The Hall–Kier alpha value is -0.180.